The molecule has 3 N–H and O–H groups in total. The lowest BCUT2D eigenvalue weighted by atomic mass is 10.2. The van der Waals surface area contributed by atoms with Crippen LogP contribution in [0.25, 0.3) is 0 Å². The number of nitrogens with one attached hydrogen (secondary N) is 1. The van der Waals surface area contributed by atoms with Crippen molar-refractivity contribution in [3.8, 4) is 0 Å². The summed E-state index contributed by atoms with van der Waals surface area (Å²) >= 11 is 6.06. The Morgan fingerprint density at radius 1 is 1.37 bits per heavy atom. The highest BCUT2D eigenvalue weighted by Gasteiger charge is 2.14. The minimum Gasteiger partial charge on any atom is -0.346 e. The summed E-state index contributed by atoms with van der Waals surface area (Å²) in [6.07, 6.45) is 0. The summed E-state index contributed by atoms with van der Waals surface area (Å²) in [5, 5.41) is 3.08. The van der Waals surface area contributed by atoms with Gasteiger partial charge in [-0.3, -0.25) is 9.59 Å². The molecule has 0 aliphatic heterocycles. The standard InChI is InChI=1S/C13H18ClN3O2/c1-2-17(13(19)8-16-12(18)7-15)9-10-5-3-4-6-11(10)14/h3-6H,2,7-9,15H2,1H3,(H,16,18). The van der Waals surface area contributed by atoms with Crippen LogP contribution >= 0.6 is 11.6 Å². The van der Waals surface area contributed by atoms with Crippen LogP contribution in [0, 0.1) is 0 Å². The van der Waals surface area contributed by atoms with Crippen molar-refractivity contribution in [3.05, 3.63) is 34.9 Å². The van der Waals surface area contributed by atoms with Crippen LogP contribution < -0.4 is 11.1 Å². The van der Waals surface area contributed by atoms with Crippen LogP contribution in [0.1, 0.15) is 12.5 Å². The molecular weight excluding hydrogens is 266 g/mol. The Morgan fingerprint density at radius 2 is 2.05 bits per heavy atom. The summed E-state index contributed by atoms with van der Waals surface area (Å²) < 4.78 is 0. The predicted molar refractivity (Wildman–Crippen MR) is 74.6 cm³/mol. The van der Waals surface area contributed by atoms with Gasteiger partial charge >= 0.3 is 0 Å². The molecule has 2 amide bonds. The fourth-order valence-corrected chi connectivity index (χ4v) is 1.76. The first-order chi connectivity index (χ1) is 9.08. The van der Waals surface area contributed by atoms with Gasteiger partial charge in [0.15, 0.2) is 0 Å². The van der Waals surface area contributed by atoms with Crippen molar-refractivity contribution in [2.75, 3.05) is 19.6 Å². The lowest BCUT2D eigenvalue weighted by Crippen LogP contribution is -2.41. The molecule has 5 nitrogen and oxygen atoms in total. The highest BCUT2D eigenvalue weighted by molar-refractivity contribution is 6.31. The van der Waals surface area contributed by atoms with Crippen LogP contribution in [0.4, 0.5) is 0 Å². The van der Waals surface area contributed by atoms with Gasteiger partial charge in [-0.25, -0.2) is 0 Å². The third-order valence-corrected chi connectivity index (χ3v) is 3.04. The molecule has 0 aliphatic rings. The van der Waals surface area contributed by atoms with Gasteiger partial charge in [-0.2, -0.15) is 0 Å². The predicted octanol–water partition coefficient (Wildman–Crippen LogP) is 0.763. The maximum atomic E-state index is 11.9. The average Bonchev–Trinajstić information content (AvgIpc) is 2.43. The van der Waals surface area contributed by atoms with Crippen molar-refractivity contribution in [1.29, 1.82) is 0 Å². The minimum absolute atomic E-state index is 0.0473. The van der Waals surface area contributed by atoms with E-state index >= 15 is 0 Å². The molecule has 0 aromatic heterocycles. The monoisotopic (exact) mass is 283 g/mol. The smallest absolute Gasteiger partial charge is 0.242 e. The normalized spacial score (nSPS) is 10.1. The summed E-state index contributed by atoms with van der Waals surface area (Å²) in [6, 6.07) is 7.36. The number of hydrogen-bond donors (Lipinski definition) is 2. The minimum atomic E-state index is -0.345. The Hall–Kier alpha value is -1.59. The third-order valence-electron chi connectivity index (χ3n) is 2.68. The van der Waals surface area contributed by atoms with E-state index in [0.29, 0.717) is 18.1 Å². The number of halogens is 1. The number of carbonyl (C=O) groups excluding carboxylic acids is 2. The molecule has 0 radical (unpaired) electrons. The van der Waals surface area contributed by atoms with Gasteiger partial charge in [0.1, 0.15) is 0 Å². The van der Waals surface area contributed by atoms with E-state index in [1.165, 1.54) is 0 Å². The second-order valence-corrected chi connectivity index (χ2v) is 4.39. The van der Waals surface area contributed by atoms with Gasteiger partial charge in [0.25, 0.3) is 0 Å². The van der Waals surface area contributed by atoms with E-state index in [4.69, 9.17) is 17.3 Å². The van der Waals surface area contributed by atoms with Gasteiger partial charge in [0.2, 0.25) is 11.8 Å². The number of carbonyl (C=O) groups is 2. The molecule has 19 heavy (non-hydrogen) atoms. The molecule has 0 fully saturated rings. The van der Waals surface area contributed by atoms with E-state index < -0.39 is 0 Å². The molecule has 6 heteroatoms. The van der Waals surface area contributed by atoms with Crippen molar-refractivity contribution < 1.29 is 9.59 Å². The van der Waals surface area contributed by atoms with E-state index in [1.54, 1.807) is 11.0 Å². The number of amides is 2. The molecule has 1 rings (SSSR count). The number of nitrogens with zero attached hydrogens (tertiary/aromatic N) is 1. The van der Waals surface area contributed by atoms with E-state index in [9.17, 15) is 9.59 Å². The first-order valence-electron chi connectivity index (χ1n) is 6.06. The summed E-state index contributed by atoms with van der Waals surface area (Å²) in [6.45, 7) is 2.67. The molecule has 0 unspecified atom stereocenters. The van der Waals surface area contributed by atoms with Crippen LogP contribution in [-0.4, -0.2) is 36.3 Å². The summed E-state index contributed by atoms with van der Waals surface area (Å²) in [4.78, 5) is 24.6. The first kappa shape index (κ1) is 15.5. The van der Waals surface area contributed by atoms with E-state index in [0.717, 1.165) is 5.56 Å². The highest BCUT2D eigenvalue weighted by atomic mass is 35.5. The topological polar surface area (TPSA) is 75.4 Å². The third kappa shape index (κ3) is 4.89. The van der Waals surface area contributed by atoms with Crippen LogP contribution in [0.3, 0.4) is 0 Å². The summed E-state index contributed by atoms with van der Waals surface area (Å²) in [5.74, 6) is -0.508. The highest BCUT2D eigenvalue weighted by Crippen LogP contribution is 2.16. The van der Waals surface area contributed by atoms with Crippen molar-refractivity contribution >= 4 is 23.4 Å². The lowest BCUT2D eigenvalue weighted by molar-refractivity contribution is -0.132. The Balaban J connectivity index is 2.60. The Kier molecular flexibility index (Phi) is 6.32. The van der Waals surface area contributed by atoms with E-state index in [1.807, 2.05) is 25.1 Å². The van der Waals surface area contributed by atoms with Crippen molar-refractivity contribution in [3.63, 3.8) is 0 Å². The average molecular weight is 284 g/mol. The van der Waals surface area contributed by atoms with E-state index in [2.05, 4.69) is 5.32 Å². The van der Waals surface area contributed by atoms with Gasteiger partial charge in [0.05, 0.1) is 13.1 Å². The summed E-state index contributed by atoms with van der Waals surface area (Å²) in [5.41, 5.74) is 6.04. The molecule has 104 valence electrons. The van der Waals surface area contributed by atoms with Crippen LogP contribution in [-0.2, 0) is 16.1 Å². The zero-order valence-electron chi connectivity index (χ0n) is 10.9. The molecule has 1 aromatic carbocycles. The molecule has 0 atom stereocenters. The van der Waals surface area contributed by atoms with Gasteiger partial charge in [-0.15, -0.1) is 0 Å². The van der Waals surface area contributed by atoms with Gasteiger partial charge < -0.3 is 16.0 Å². The number of nitrogens with two attached hydrogens (primary N) is 1. The lowest BCUT2D eigenvalue weighted by Gasteiger charge is -2.21. The van der Waals surface area contributed by atoms with Crippen LogP contribution in [0.5, 0.6) is 0 Å². The Bertz CT molecular complexity index is 451. The number of hydrogen-bond acceptors (Lipinski definition) is 3. The molecule has 0 aliphatic carbocycles. The Morgan fingerprint density at radius 3 is 2.63 bits per heavy atom. The zero-order chi connectivity index (χ0) is 14.3. The second-order valence-electron chi connectivity index (χ2n) is 3.98. The maximum Gasteiger partial charge on any atom is 0.242 e. The van der Waals surface area contributed by atoms with Crippen molar-refractivity contribution in [2.24, 2.45) is 5.73 Å². The van der Waals surface area contributed by atoms with Gasteiger partial charge in [-0.05, 0) is 18.6 Å². The fourth-order valence-electron chi connectivity index (χ4n) is 1.57. The van der Waals surface area contributed by atoms with Crippen LogP contribution in [0.2, 0.25) is 5.02 Å². The molecule has 1 aromatic rings. The first-order valence-corrected chi connectivity index (χ1v) is 6.44. The maximum absolute atomic E-state index is 11.9. The summed E-state index contributed by atoms with van der Waals surface area (Å²) in [7, 11) is 0. The molecule has 0 heterocycles. The second kappa shape index (κ2) is 7.76. The van der Waals surface area contributed by atoms with Crippen molar-refractivity contribution in [1.82, 2.24) is 10.2 Å². The Labute approximate surface area is 117 Å². The quantitative estimate of drug-likeness (QED) is 0.809. The number of benzene rings is 1. The number of likely N-dealkylation sites (N-methyl/N-ethyl adjacent to an activating group) is 1. The van der Waals surface area contributed by atoms with E-state index in [-0.39, 0.29) is 24.9 Å². The fraction of sp³-hybridized carbons (Fsp3) is 0.385. The van der Waals surface area contributed by atoms with Gasteiger partial charge in [0, 0.05) is 18.1 Å². The molecule has 0 saturated heterocycles. The molecule has 0 spiro atoms. The molecule has 0 saturated carbocycles. The van der Waals surface area contributed by atoms with Gasteiger partial charge in [-0.1, -0.05) is 29.8 Å². The largest absolute Gasteiger partial charge is 0.346 e. The molecular formula is C13H18ClN3O2. The molecule has 0 bridgehead atoms. The zero-order valence-corrected chi connectivity index (χ0v) is 11.6. The van der Waals surface area contributed by atoms with Crippen LogP contribution in [0.15, 0.2) is 24.3 Å². The number of rotatable bonds is 6. The van der Waals surface area contributed by atoms with Crippen molar-refractivity contribution in [2.45, 2.75) is 13.5 Å². The SMILES string of the molecule is CCN(Cc1ccccc1Cl)C(=O)CNC(=O)CN.